The van der Waals surface area contributed by atoms with E-state index in [0.717, 1.165) is 75.9 Å². The van der Waals surface area contributed by atoms with Crippen molar-refractivity contribution in [3.05, 3.63) is 41.5 Å². The molecule has 3 aliphatic carbocycles. The van der Waals surface area contributed by atoms with Gasteiger partial charge in [0, 0.05) is 79.9 Å². The zero-order chi connectivity index (χ0) is 26.9. The highest BCUT2D eigenvalue weighted by Crippen LogP contribution is 2.55. The number of amides is 1. The highest BCUT2D eigenvalue weighted by Gasteiger charge is 2.52. The molecule has 3 aromatic heterocycles. The first kappa shape index (κ1) is 25.3. The summed E-state index contributed by atoms with van der Waals surface area (Å²) in [4.78, 5) is 22.0. The van der Waals surface area contributed by atoms with E-state index >= 15 is 0 Å². The summed E-state index contributed by atoms with van der Waals surface area (Å²) >= 11 is 0. The monoisotopic (exact) mass is 518 g/mol. The van der Waals surface area contributed by atoms with Gasteiger partial charge in [0.1, 0.15) is 11.2 Å². The Morgan fingerprint density at radius 2 is 1.87 bits per heavy atom. The topological polar surface area (TPSA) is 68.4 Å². The standard InChI is InChI=1S/C30H42N6O2/c1-21-17-25(23-7-15-33(5)26(23)32-21)35-16-8-24-22(19-35)18-31-36(24)20-29-9-12-30(13-10-29,14-11-29)34(6)27(37)38-28(2,3)4/h7,15,17-18H,8-14,16,19-20H2,1-6H3. The highest BCUT2D eigenvalue weighted by molar-refractivity contribution is 5.90. The molecular weight excluding hydrogens is 476 g/mol. The average molecular weight is 519 g/mol. The Labute approximate surface area is 225 Å². The van der Waals surface area contributed by atoms with Gasteiger partial charge in [-0.3, -0.25) is 4.68 Å². The molecule has 3 fully saturated rings. The summed E-state index contributed by atoms with van der Waals surface area (Å²) in [6, 6.07) is 4.41. The van der Waals surface area contributed by atoms with Crippen LogP contribution in [-0.4, -0.2) is 55.1 Å². The van der Waals surface area contributed by atoms with Crippen molar-refractivity contribution in [1.82, 2.24) is 24.2 Å². The van der Waals surface area contributed by atoms with E-state index in [1.54, 1.807) is 0 Å². The summed E-state index contributed by atoms with van der Waals surface area (Å²) in [5, 5.41) is 6.14. The molecule has 3 saturated carbocycles. The largest absolute Gasteiger partial charge is 0.444 e. The number of anilines is 1. The molecule has 2 bridgehead atoms. The number of hydrogen-bond acceptors (Lipinski definition) is 5. The average Bonchev–Trinajstić information content (AvgIpc) is 3.45. The number of rotatable bonds is 4. The van der Waals surface area contributed by atoms with Crippen molar-refractivity contribution in [2.24, 2.45) is 12.5 Å². The van der Waals surface area contributed by atoms with Crippen molar-refractivity contribution >= 4 is 22.8 Å². The van der Waals surface area contributed by atoms with E-state index in [-0.39, 0.29) is 17.0 Å². The summed E-state index contributed by atoms with van der Waals surface area (Å²) in [5.74, 6) is 0. The Morgan fingerprint density at radius 1 is 1.16 bits per heavy atom. The van der Waals surface area contributed by atoms with Gasteiger partial charge in [0.25, 0.3) is 0 Å². The number of carbonyl (C=O) groups is 1. The molecule has 4 aliphatic rings. The number of pyridine rings is 1. The predicted octanol–water partition coefficient (Wildman–Crippen LogP) is 5.60. The third-order valence-corrected chi connectivity index (χ3v) is 9.53. The second-order valence-corrected chi connectivity index (χ2v) is 13.2. The summed E-state index contributed by atoms with van der Waals surface area (Å²) in [5.41, 5.74) is 5.88. The van der Waals surface area contributed by atoms with Gasteiger partial charge in [-0.05, 0) is 83.8 Å². The van der Waals surface area contributed by atoms with Crippen LogP contribution >= 0.6 is 0 Å². The third kappa shape index (κ3) is 4.26. The first-order valence-electron chi connectivity index (χ1n) is 14.2. The van der Waals surface area contributed by atoms with E-state index in [4.69, 9.17) is 14.8 Å². The van der Waals surface area contributed by atoms with E-state index in [0.29, 0.717) is 0 Å². The molecule has 0 aromatic carbocycles. The lowest BCUT2D eigenvalue weighted by atomic mass is 9.57. The molecule has 0 N–H and O–H groups in total. The van der Waals surface area contributed by atoms with Gasteiger partial charge in [0.2, 0.25) is 0 Å². The number of aromatic nitrogens is 4. The smallest absolute Gasteiger partial charge is 0.410 e. The van der Waals surface area contributed by atoms with E-state index in [2.05, 4.69) is 52.6 Å². The SMILES string of the molecule is Cc1cc(N2CCc3c(cnn3CC34CCC(N(C)C(=O)OC(C)(C)C)(CC3)CC4)C2)c2ccn(C)c2n1. The summed E-state index contributed by atoms with van der Waals surface area (Å²) in [6.45, 7) is 10.8. The molecule has 8 heteroatoms. The van der Waals surface area contributed by atoms with Crippen LogP contribution in [0.4, 0.5) is 10.5 Å². The number of nitrogens with zero attached hydrogens (tertiary/aromatic N) is 6. The maximum absolute atomic E-state index is 12.8. The van der Waals surface area contributed by atoms with Gasteiger partial charge in [0.05, 0.1) is 6.20 Å². The Hall–Kier alpha value is -3.03. The molecular formula is C30H42N6O2. The lowest BCUT2D eigenvalue weighted by Crippen LogP contribution is -2.58. The van der Waals surface area contributed by atoms with Crippen LogP contribution in [0.3, 0.4) is 0 Å². The Bertz CT molecular complexity index is 1350. The van der Waals surface area contributed by atoms with E-state index in [9.17, 15) is 4.79 Å². The fourth-order valence-electron chi connectivity index (χ4n) is 7.16. The molecule has 7 rings (SSSR count). The van der Waals surface area contributed by atoms with Crippen molar-refractivity contribution < 1.29 is 9.53 Å². The molecule has 0 unspecified atom stereocenters. The van der Waals surface area contributed by atoms with Crippen LogP contribution < -0.4 is 4.90 Å². The van der Waals surface area contributed by atoms with Gasteiger partial charge in [-0.1, -0.05) is 0 Å². The van der Waals surface area contributed by atoms with Gasteiger partial charge in [-0.25, -0.2) is 9.78 Å². The Kier molecular flexibility index (Phi) is 5.81. The maximum Gasteiger partial charge on any atom is 0.410 e. The van der Waals surface area contributed by atoms with Gasteiger partial charge in [-0.2, -0.15) is 5.10 Å². The normalized spacial score (nSPS) is 25.1. The second kappa shape index (κ2) is 8.75. The molecule has 0 radical (unpaired) electrons. The molecule has 4 heterocycles. The molecule has 0 saturated heterocycles. The number of ether oxygens (including phenoxy) is 1. The van der Waals surface area contributed by atoms with Crippen LogP contribution in [0.5, 0.6) is 0 Å². The maximum atomic E-state index is 12.8. The molecule has 38 heavy (non-hydrogen) atoms. The fraction of sp³-hybridized carbons (Fsp3) is 0.633. The van der Waals surface area contributed by atoms with Crippen LogP contribution in [0.1, 0.15) is 76.2 Å². The van der Waals surface area contributed by atoms with Gasteiger partial charge in [-0.15, -0.1) is 0 Å². The number of aryl methyl sites for hydroxylation is 2. The molecule has 0 atom stereocenters. The summed E-state index contributed by atoms with van der Waals surface area (Å²) in [7, 11) is 4.00. The van der Waals surface area contributed by atoms with Crippen LogP contribution in [0.25, 0.3) is 11.0 Å². The van der Waals surface area contributed by atoms with Crippen LogP contribution in [0.15, 0.2) is 24.5 Å². The van der Waals surface area contributed by atoms with Crippen molar-refractivity contribution in [2.45, 2.75) is 96.9 Å². The van der Waals surface area contributed by atoms with E-state index in [1.807, 2.05) is 32.7 Å². The van der Waals surface area contributed by atoms with Crippen molar-refractivity contribution in [3.63, 3.8) is 0 Å². The highest BCUT2D eigenvalue weighted by atomic mass is 16.6. The second-order valence-electron chi connectivity index (χ2n) is 13.2. The summed E-state index contributed by atoms with van der Waals surface area (Å²) < 4.78 is 10.1. The van der Waals surface area contributed by atoms with Crippen LogP contribution in [0, 0.1) is 12.3 Å². The minimum Gasteiger partial charge on any atom is -0.444 e. The first-order chi connectivity index (χ1) is 18.0. The van der Waals surface area contributed by atoms with Crippen LogP contribution in [0.2, 0.25) is 0 Å². The molecule has 0 spiro atoms. The molecule has 8 nitrogen and oxygen atoms in total. The number of carbonyl (C=O) groups excluding carboxylic acids is 1. The van der Waals surface area contributed by atoms with Crippen molar-refractivity contribution in [3.8, 4) is 0 Å². The fourth-order valence-corrected chi connectivity index (χ4v) is 7.16. The molecule has 1 aliphatic heterocycles. The number of fused-ring (bicyclic) bond motifs is 5. The number of hydrogen-bond donors (Lipinski definition) is 0. The lowest BCUT2D eigenvalue weighted by Gasteiger charge is -2.56. The third-order valence-electron chi connectivity index (χ3n) is 9.53. The minimum absolute atomic E-state index is 0.0560. The van der Waals surface area contributed by atoms with E-state index in [1.165, 1.54) is 22.3 Å². The first-order valence-corrected chi connectivity index (χ1v) is 14.2. The molecule has 204 valence electrons. The zero-order valence-corrected chi connectivity index (χ0v) is 23.9. The Balaban J connectivity index is 1.15. The summed E-state index contributed by atoms with van der Waals surface area (Å²) in [6.07, 6.45) is 11.6. The zero-order valence-electron chi connectivity index (χ0n) is 23.9. The molecule has 1 amide bonds. The predicted molar refractivity (Wildman–Crippen MR) is 149 cm³/mol. The molecule has 3 aromatic rings. The lowest BCUT2D eigenvalue weighted by molar-refractivity contribution is -0.0606. The minimum atomic E-state index is -0.465. The van der Waals surface area contributed by atoms with Crippen molar-refractivity contribution in [2.75, 3.05) is 18.5 Å². The van der Waals surface area contributed by atoms with Crippen LogP contribution in [-0.2, 0) is 31.3 Å². The van der Waals surface area contributed by atoms with Gasteiger partial charge >= 0.3 is 6.09 Å². The van der Waals surface area contributed by atoms with Gasteiger partial charge < -0.3 is 19.1 Å². The Morgan fingerprint density at radius 3 is 2.55 bits per heavy atom. The van der Waals surface area contributed by atoms with Crippen molar-refractivity contribution in [1.29, 1.82) is 0 Å². The van der Waals surface area contributed by atoms with Gasteiger partial charge in [0.15, 0.2) is 0 Å². The van der Waals surface area contributed by atoms with E-state index < -0.39 is 5.60 Å². The quantitative estimate of drug-likeness (QED) is 0.450.